The minimum atomic E-state index is -4.61. The van der Waals surface area contributed by atoms with Gasteiger partial charge < -0.3 is 5.32 Å². The lowest BCUT2D eigenvalue weighted by molar-refractivity contribution is -0.137. The number of hydrogen-bond donors (Lipinski definition) is 1. The van der Waals surface area contributed by atoms with Crippen molar-refractivity contribution < 1.29 is 18.0 Å². The van der Waals surface area contributed by atoms with Crippen molar-refractivity contribution in [1.29, 1.82) is 0 Å². The standard InChI is InChI=1S/C24H17Cl2F3N4OS/c25-17-10-8-15(9-11-17)13-30-21(34)14-35-23-32-31-22(16-4-3-5-18(26)12-16)33(23)20-7-2-1-6-19(20)24(27,28)29/h1-12H,13-14H2,(H,30,34). The van der Waals surface area contributed by atoms with E-state index in [4.69, 9.17) is 23.2 Å². The predicted molar refractivity (Wildman–Crippen MR) is 131 cm³/mol. The maximum Gasteiger partial charge on any atom is 0.418 e. The van der Waals surface area contributed by atoms with Crippen LogP contribution in [-0.2, 0) is 17.5 Å². The second kappa shape index (κ2) is 10.7. The van der Waals surface area contributed by atoms with E-state index in [1.807, 2.05) is 0 Å². The summed E-state index contributed by atoms with van der Waals surface area (Å²) in [6.45, 7) is 0.286. The molecular weight excluding hydrogens is 520 g/mol. The zero-order valence-electron chi connectivity index (χ0n) is 17.9. The zero-order valence-corrected chi connectivity index (χ0v) is 20.2. The van der Waals surface area contributed by atoms with E-state index in [0.717, 1.165) is 23.4 Å². The normalized spacial score (nSPS) is 11.5. The highest BCUT2D eigenvalue weighted by molar-refractivity contribution is 7.99. The maximum atomic E-state index is 13.8. The Hall–Kier alpha value is -3.01. The van der Waals surface area contributed by atoms with Gasteiger partial charge >= 0.3 is 6.18 Å². The Kier molecular flexibility index (Phi) is 7.69. The third kappa shape index (κ3) is 6.17. The van der Waals surface area contributed by atoms with Gasteiger partial charge in [-0.1, -0.05) is 71.4 Å². The van der Waals surface area contributed by atoms with Gasteiger partial charge in [-0.2, -0.15) is 13.2 Å². The molecule has 35 heavy (non-hydrogen) atoms. The first-order valence-corrected chi connectivity index (χ1v) is 12.0. The first kappa shape index (κ1) is 25.1. The van der Waals surface area contributed by atoms with Gasteiger partial charge in [0.25, 0.3) is 0 Å². The number of halogens is 5. The number of carbonyl (C=O) groups is 1. The lowest BCUT2D eigenvalue weighted by Crippen LogP contribution is -2.24. The molecule has 0 aliphatic heterocycles. The number of nitrogens with zero attached hydrogens (tertiary/aromatic N) is 3. The molecule has 3 aromatic carbocycles. The van der Waals surface area contributed by atoms with Crippen LogP contribution >= 0.6 is 35.0 Å². The summed E-state index contributed by atoms with van der Waals surface area (Å²) in [6, 6.07) is 18.7. The Balaban J connectivity index is 1.63. The van der Waals surface area contributed by atoms with Gasteiger partial charge in [0.2, 0.25) is 5.91 Å². The fraction of sp³-hybridized carbons (Fsp3) is 0.125. The molecular formula is C24H17Cl2F3N4OS. The number of aromatic nitrogens is 3. The molecule has 0 bridgehead atoms. The average molecular weight is 537 g/mol. The van der Waals surface area contributed by atoms with Crippen LogP contribution in [0.3, 0.4) is 0 Å². The van der Waals surface area contributed by atoms with Crippen molar-refractivity contribution in [2.45, 2.75) is 17.9 Å². The summed E-state index contributed by atoms with van der Waals surface area (Å²) in [7, 11) is 0. The van der Waals surface area contributed by atoms with E-state index < -0.39 is 11.7 Å². The van der Waals surface area contributed by atoms with Crippen molar-refractivity contribution in [2.75, 3.05) is 5.75 Å². The smallest absolute Gasteiger partial charge is 0.351 e. The zero-order chi connectivity index (χ0) is 25.0. The molecule has 0 radical (unpaired) electrons. The highest BCUT2D eigenvalue weighted by Gasteiger charge is 2.35. The Morgan fingerprint density at radius 2 is 1.69 bits per heavy atom. The summed E-state index contributed by atoms with van der Waals surface area (Å²) in [5, 5.41) is 12.1. The van der Waals surface area contributed by atoms with Crippen molar-refractivity contribution in [2.24, 2.45) is 0 Å². The molecule has 0 saturated heterocycles. The van der Waals surface area contributed by atoms with Crippen molar-refractivity contribution in [3.05, 3.63) is 94.0 Å². The molecule has 0 unspecified atom stereocenters. The summed E-state index contributed by atoms with van der Waals surface area (Å²) >= 11 is 12.9. The number of nitrogens with one attached hydrogen (secondary N) is 1. The number of rotatable bonds is 7. The monoisotopic (exact) mass is 536 g/mol. The third-order valence-corrected chi connectivity index (χ3v) is 6.32. The minimum absolute atomic E-state index is 0.0740. The van der Waals surface area contributed by atoms with Gasteiger partial charge in [0.05, 0.1) is 17.0 Å². The molecule has 4 rings (SSSR count). The molecule has 0 atom stereocenters. The molecule has 1 amide bonds. The third-order valence-electron chi connectivity index (χ3n) is 4.90. The van der Waals surface area contributed by atoms with Crippen LogP contribution in [0.15, 0.2) is 78.0 Å². The molecule has 0 aliphatic rings. The second-order valence-corrected chi connectivity index (χ2v) is 9.17. The number of hydrogen-bond acceptors (Lipinski definition) is 4. The Morgan fingerprint density at radius 1 is 0.943 bits per heavy atom. The topological polar surface area (TPSA) is 59.8 Å². The van der Waals surface area contributed by atoms with Gasteiger partial charge in [-0.15, -0.1) is 10.2 Å². The van der Waals surface area contributed by atoms with E-state index in [-0.39, 0.29) is 34.9 Å². The predicted octanol–water partition coefficient (Wildman–Crippen LogP) is 6.67. The van der Waals surface area contributed by atoms with Crippen molar-refractivity contribution in [3.63, 3.8) is 0 Å². The second-order valence-electron chi connectivity index (χ2n) is 7.36. The van der Waals surface area contributed by atoms with Crippen LogP contribution in [0.2, 0.25) is 10.0 Å². The lowest BCUT2D eigenvalue weighted by atomic mass is 10.1. The fourth-order valence-corrected chi connectivity index (χ4v) is 4.38. The quantitative estimate of drug-likeness (QED) is 0.268. The molecule has 0 aliphatic carbocycles. The van der Waals surface area contributed by atoms with Crippen molar-refractivity contribution in [1.82, 2.24) is 20.1 Å². The van der Waals surface area contributed by atoms with E-state index >= 15 is 0 Å². The molecule has 1 heterocycles. The number of carbonyl (C=O) groups excluding carboxylic acids is 1. The number of benzene rings is 3. The van der Waals surface area contributed by atoms with Crippen LogP contribution in [0.5, 0.6) is 0 Å². The summed E-state index contributed by atoms with van der Waals surface area (Å²) in [5.74, 6) is -0.212. The molecule has 11 heteroatoms. The number of para-hydroxylation sites is 1. The minimum Gasteiger partial charge on any atom is -0.351 e. The molecule has 1 aromatic heterocycles. The Labute approximate surface area is 213 Å². The van der Waals surface area contributed by atoms with E-state index in [0.29, 0.717) is 15.6 Å². The highest BCUT2D eigenvalue weighted by Crippen LogP contribution is 2.37. The molecule has 0 spiro atoms. The first-order chi connectivity index (χ1) is 16.7. The van der Waals surface area contributed by atoms with Crippen molar-refractivity contribution >= 4 is 40.9 Å². The maximum absolute atomic E-state index is 13.8. The van der Waals surface area contributed by atoms with Crippen LogP contribution in [-0.4, -0.2) is 26.4 Å². The molecule has 1 N–H and O–H groups in total. The van der Waals surface area contributed by atoms with Gasteiger partial charge in [0.15, 0.2) is 11.0 Å². The van der Waals surface area contributed by atoms with Crippen LogP contribution in [0.25, 0.3) is 17.1 Å². The van der Waals surface area contributed by atoms with Gasteiger partial charge in [-0.25, -0.2) is 0 Å². The van der Waals surface area contributed by atoms with Gasteiger partial charge in [0, 0.05) is 22.2 Å². The summed E-state index contributed by atoms with van der Waals surface area (Å²) in [4.78, 5) is 12.4. The molecule has 0 saturated carbocycles. The van der Waals surface area contributed by atoms with E-state index in [1.165, 1.54) is 22.8 Å². The Morgan fingerprint density at radius 3 is 2.40 bits per heavy atom. The summed E-state index contributed by atoms with van der Waals surface area (Å²) < 4.78 is 42.7. The molecule has 4 aromatic rings. The summed E-state index contributed by atoms with van der Waals surface area (Å²) in [5.41, 5.74) is 0.348. The average Bonchev–Trinajstić information content (AvgIpc) is 3.26. The van der Waals surface area contributed by atoms with Gasteiger partial charge in [-0.3, -0.25) is 9.36 Å². The van der Waals surface area contributed by atoms with Gasteiger partial charge in [0.1, 0.15) is 0 Å². The fourth-order valence-electron chi connectivity index (χ4n) is 3.29. The summed E-state index contributed by atoms with van der Waals surface area (Å²) in [6.07, 6.45) is -4.61. The molecule has 5 nitrogen and oxygen atoms in total. The van der Waals surface area contributed by atoms with E-state index in [2.05, 4.69) is 15.5 Å². The number of amides is 1. The number of alkyl halides is 3. The highest BCUT2D eigenvalue weighted by atomic mass is 35.5. The van der Waals surface area contributed by atoms with Gasteiger partial charge in [-0.05, 0) is 42.0 Å². The van der Waals surface area contributed by atoms with Crippen LogP contribution in [0, 0.1) is 0 Å². The number of thioether (sulfide) groups is 1. The van der Waals surface area contributed by atoms with E-state index in [9.17, 15) is 18.0 Å². The molecule has 0 fully saturated rings. The van der Waals surface area contributed by atoms with E-state index in [1.54, 1.807) is 48.5 Å². The lowest BCUT2D eigenvalue weighted by Gasteiger charge is -2.16. The van der Waals surface area contributed by atoms with Crippen LogP contribution in [0.4, 0.5) is 13.2 Å². The largest absolute Gasteiger partial charge is 0.418 e. The molecule has 180 valence electrons. The first-order valence-electron chi connectivity index (χ1n) is 10.2. The SMILES string of the molecule is O=C(CSc1nnc(-c2cccc(Cl)c2)n1-c1ccccc1C(F)(F)F)NCc1ccc(Cl)cc1. The van der Waals surface area contributed by atoms with Crippen LogP contribution in [0.1, 0.15) is 11.1 Å². The van der Waals surface area contributed by atoms with Crippen molar-refractivity contribution in [3.8, 4) is 17.1 Å². The van der Waals surface area contributed by atoms with Crippen LogP contribution < -0.4 is 5.32 Å². The Bertz CT molecular complexity index is 1340.